The average Bonchev–Trinajstić information content (AvgIpc) is 2.27. The maximum Gasteiger partial charge on any atom is 0.229 e. The Balaban J connectivity index is 2.79. The van der Waals surface area contributed by atoms with Crippen LogP contribution in [0.25, 0.3) is 0 Å². The van der Waals surface area contributed by atoms with Crippen molar-refractivity contribution in [2.24, 2.45) is 0 Å². The maximum absolute atomic E-state index is 11.3. The Labute approximate surface area is 109 Å². The first-order chi connectivity index (χ1) is 8.42. The Morgan fingerprint density at radius 1 is 1.33 bits per heavy atom. The first kappa shape index (κ1) is 14.6. The van der Waals surface area contributed by atoms with Crippen LogP contribution < -0.4 is 10.0 Å². The van der Waals surface area contributed by atoms with Gasteiger partial charge in [-0.05, 0) is 31.9 Å². The van der Waals surface area contributed by atoms with E-state index in [1.54, 1.807) is 12.1 Å². The highest BCUT2D eigenvalue weighted by Crippen LogP contribution is 2.23. The van der Waals surface area contributed by atoms with Crippen LogP contribution in [-0.2, 0) is 10.0 Å². The molecule has 0 aliphatic carbocycles. The average molecular weight is 268 g/mol. The summed E-state index contributed by atoms with van der Waals surface area (Å²) in [4.78, 5) is 0. The monoisotopic (exact) mass is 268 g/mol. The van der Waals surface area contributed by atoms with Crippen LogP contribution in [-0.4, -0.2) is 20.7 Å². The molecule has 100 valence electrons. The SMILES string of the molecule is C=CCCC(C)Nc1ccccc1NS(C)(=O)=O. The third-order valence-electron chi connectivity index (χ3n) is 2.43. The van der Waals surface area contributed by atoms with Gasteiger partial charge in [-0.25, -0.2) is 8.42 Å². The lowest BCUT2D eigenvalue weighted by Gasteiger charge is -2.17. The zero-order valence-electron chi connectivity index (χ0n) is 10.8. The predicted molar refractivity (Wildman–Crippen MR) is 77.4 cm³/mol. The van der Waals surface area contributed by atoms with E-state index in [1.165, 1.54) is 0 Å². The van der Waals surface area contributed by atoms with E-state index in [0.717, 1.165) is 24.8 Å². The molecular weight excluding hydrogens is 248 g/mol. The van der Waals surface area contributed by atoms with Crippen LogP contribution in [0, 0.1) is 0 Å². The summed E-state index contributed by atoms with van der Waals surface area (Å²) >= 11 is 0. The van der Waals surface area contributed by atoms with Gasteiger partial charge >= 0.3 is 0 Å². The van der Waals surface area contributed by atoms with Crippen LogP contribution in [0.1, 0.15) is 19.8 Å². The molecule has 0 bridgehead atoms. The van der Waals surface area contributed by atoms with Crippen molar-refractivity contribution >= 4 is 21.4 Å². The first-order valence-electron chi connectivity index (χ1n) is 5.86. The zero-order valence-corrected chi connectivity index (χ0v) is 11.6. The molecule has 1 atom stereocenters. The Morgan fingerprint density at radius 2 is 1.94 bits per heavy atom. The van der Waals surface area contributed by atoms with Crippen LogP contribution in [0.2, 0.25) is 0 Å². The lowest BCUT2D eigenvalue weighted by molar-refractivity contribution is 0.607. The van der Waals surface area contributed by atoms with Crippen molar-refractivity contribution < 1.29 is 8.42 Å². The summed E-state index contributed by atoms with van der Waals surface area (Å²) in [5, 5.41) is 3.29. The molecule has 0 fully saturated rings. The van der Waals surface area contributed by atoms with Crippen LogP contribution in [0.3, 0.4) is 0 Å². The van der Waals surface area contributed by atoms with Crippen LogP contribution >= 0.6 is 0 Å². The van der Waals surface area contributed by atoms with E-state index >= 15 is 0 Å². The second kappa shape index (κ2) is 6.44. The molecular formula is C13H20N2O2S. The third kappa shape index (κ3) is 5.23. The lowest BCUT2D eigenvalue weighted by atomic mass is 10.1. The van der Waals surface area contributed by atoms with Gasteiger partial charge < -0.3 is 5.32 Å². The minimum atomic E-state index is -3.26. The summed E-state index contributed by atoms with van der Waals surface area (Å²) < 4.78 is 25.0. The summed E-state index contributed by atoms with van der Waals surface area (Å²) in [6.45, 7) is 5.74. The van der Waals surface area contributed by atoms with Crippen molar-refractivity contribution in [2.45, 2.75) is 25.8 Å². The van der Waals surface area contributed by atoms with Crippen LogP contribution in [0.4, 0.5) is 11.4 Å². The van der Waals surface area contributed by atoms with Crippen molar-refractivity contribution in [1.82, 2.24) is 0 Å². The van der Waals surface area contributed by atoms with Gasteiger partial charge in [0, 0.05) is 6.04 Å². The molecule has 4 nitrogen and oxygen atoms in total. The molecule has 0 saturated heterocycles. The number of benzene rings is 1. The number of anilines is 2. The number of hydrogen-bond donors (Lipinski definition) is 2. The van der Waals surface area contributed by atoms with E-state index in [4.69, 9.17) is 0 Å². The van der Waals surface area contributed by atoms with Gasteiger partial charge in [0.1, 0.15) is 0 Å². The van der Waals surface area contributed by atoms with E-state index in [2.05, 4.69) is 23.5 Å². The lowest BCUT2D eigenvalue weighted by Crippen LogP contribution is -2.17. The Bertz CT molecular complexity index is 497. The largest absolute Gasteiger partial charge is 0.381 e. The summed E-state index contributed by atoms with van der Waals surface area (Å²) in [5.41, 5.74) is 1.37. The highest BCUT2D eigenvalue weighted by molar-refractivity contribution is 7.92. The summed E-state index contributed by atoms with van der Waals surface area (Å²) in [6.07, 6.45) is 4.90. The normalized spacial score (nSPS) is 12.8. The molecule has 1 rings (SSSR count). The Hall–Kier alpha value is -1.49. The number of rotatable bonds is 7. The van der Waals surface area contributed by atoms with Gasteiger partial charge in [-0.15, -0.1) is 6.58 Å². The zero-order chi connectivity index (χ0) is 13.6. The molecule has 0 radical (unpaired) electrons. The van der Waals surface area contributed by atoms with E-state index in [9.17, 15) is 8.42 Å². The van der Waals surface area contributed by atoms with Gasteiger partial charge in [0.05, 0.1) is 17.6 Å². The summed E-state index contributed by atoms with van der Waals surface area (Å²) in [7, 11) is -3.26. The van der Waals surface area contributed by atoms with Crippen LogP contribution in [0.15, 0.2) is 36.9 Å². The first-order valence-corrected chi connectivity index (χ1v) is 7.76. The quantitative estimate of drug-likeness (QED) is 0.748. The van der Waals surface area contributed by atoms with Gasteiger partial charge in [0.25, 0.3) is 0 Å². The third-order valence-corrected chi connectivity index (χ3v) is 3.02. The molecule has 0 heterocycles. The number of hydrogen-bond acceptors (Lipinski definition) is 3. The highest BCUT2D eigenvalue weighted by Gasteiger charge is 2.08. The number of allylic oxidation sites excluding steroid dienone is 1. The Kier molecular flexibility index (Phi) is 5.22. The molecule has 1 aromatic rings. The fraction of sp³-hybridized carbons (Fsp3) is 0.385. The number of sulfonamides is 1. The molecule has 5 heteroatoms. The van der Waals surface area contributed by atoms with Crippen molar-refractivity contribution in [2.75, 3.05) is 16.3 Å². The molecule has 0 amide bonds. The van der Waals surface area contributed by atoms with Gasteiger partial charge in [-0.3, -0.25) is 4.72 Å². The Morgan fingerprint density at radius 3 is 2.50 bits per heavy atom. The van der Waals surface area contributed by atoms with E-state index in [-0.39, 0.29) is 6.04 Å². The van der Waals surface area contributed by atoms with Crippen molar-refractivity contribution in [3.05, 3.63) is 36.9 Å². The molecule has 1 aromatic carbocycles. The van der Waals surface area contributed by atoms with E-state index in [1.807, 2.05) is 18.2 Å². The molecule has 2 N–H and O–H groups in total. The maximum atomic E-state index is 11.3. The predicted octanol–water partition coefficient (Wildman–Crippen LogP) is 2.82. The van der Waals surface area contributed by atoms with Gasteiger partial charge in [-0.2, -0.15) is 0 Å². The summed E-state index contributed by atoms with van der Waals surface area (Å²) in [6, 6.07) is 7.52. The smallest absolute Gasteiger partial charge is 0.229 e. The molecule has 0 spiro atoms. The molecule has 18 heavy (non-hydrogen) atoms. The molecule has 1 unspecified atom stereocenters. The highest BCUT2D eigenvalue weighted by atomic mass is 32.2. The molecule has 0 aliphatic heterocycles. The molecule has 0 saturated carbocycles. The van der Waals surface area contributed by atoms with E-state index in [0.29, 0.717) is 5.69 Å². The molecule has 0 aliphatic rings. The van der Waals surface area contributed by atoms with E-state index < -0.39 is 10.0 Å². The molecule has 0 aromatic heterocycles. The fourth-order valence-corrected chi connectivity index (χ4v) is 2.18. The van der Waals surface area contributed by atoms with Gasteiger partial charge in [0.15, 0.2) is 0 Å². The van der Waals surface area contributed by atoms with Gasteiger partial charge in [-0.1, -0.05) is 18.2 Å². The van der Waals surface area contributed by atoms with Gasteiger partial charge in [0.2, 0.25) is 10.0 Å². The van der Waals surface area contributed by atoms with Crippen molar-refractivity contribution in [1.29, 1.82) is 0 Å². The topological polar surface area (TPSA) is 58.2 Å². The summed E-state index contributed by atoms with van der Waals surface area (Å²) in [5.74, 6) is 0. The minimum Gasteiger partial charge on any atom is -0.381 e. The second-order valence-electron chi connectivity index (χ2n) is 4.33. The minimum absolute atomic E-state index is 0.255. The standard InChI is InChI=1S/C13H20N2O2S/c1-4-5-8-11(2)14-12-9-6-7-10-13(12)15-18(3,16)17/h4,6-7,9-11,14-15H,1,5,8H2,2-3H3. The van der Waals surface area contributed by atoms with Crippen molar-refractivity contribution in [3.63, 3.8) is 0 Å². The second-order valence-corrected chi connectivity index (χ2v) is 6.08. The number of para-hydroxylation sites is 2. The van der Waals surface area contributed by atoms with Crippen molar-refractivity contribution in [3.8, 4) is 0 Å². The van der Waals surface area contributed by atoms with Crippen LogP contribution in [0.5, 0.6) is 0 Å². The number of nitrogens with one attached hydrogen (secondary N) is 2. The fourth-order valence-electron chi connectivity index (χ4n) is 1.60.